The summed E-state index contributed by atoms with van der Waals surface area (Å²) in [5.74, 6) is 0.142. The summed E-state index contributed by atoms with van der Waals surface area (Å²) < 4.78 is 5.92. The van der Waals surface area contributed by atoms with Gasteiger partial charge in [-0.3, -0.25) is 4.79 Å². The molecule has 5 aliphatic rings. The van der Waals surface area contributed by atoms with Gasteiger partial charge in [-0.1, -0.05) is 19.1 Å². The Hall–Kier alpha value is -1.43. The molecule has 35 heavy (non-hydrogen) atoms. The quantitative estimate of drug-likeness (QED) is 0.460. The van der Waals surface area contributed by atoms with Gasteiger partial charge in [0.05, 0.1) is 0 Å². The summed E-state index contributed by atoms with van der Waals surface area (Å²) in [5, 5.41) is 0. The monoisotopic (exact) mass is 481 g/mol. The maximum atomic E-state index is 12.9. The van der Waals surface area contributed by atoms with Crippen LogP contribution in [-0.2, 0) is 9.53 Å². The van der Waals surface area contributed by atoms with Crippen LogP contribution in [0.3, 0.4) is 0 Å². The van der Waals surface area contributed by atoms with Gasteiger partial charge in [-0.15, -0.1) is 0 Å². The molecule has 1 unspecified atom stereocenters. The largest absolute Gasteiger partial charge is 0.372 e. The zero-order chi connectivity index (χ0) is 24.6. The van der Waals surface area contributed by atoms with E-state index >= 15 is 0 Å². The minimum absolute atomic E-state index is 0.0739. The predicted octanol–water partition coefficient (Wildman–Crippen LogP) is 4.95. The number of carbonyl (C=O) groups is 1. The van der Waals surface area contributed by atoms with Crippen LogP contribution in [-0.4, -0.2) is 85.2 Å². The smallest absolute Gasteiger partial charge is 0.248 e. The van der Waals surface area contributed by atoms with Crippen molar-refractivity contribution >= 4 is 5.91 Å². The van der Waals surface area contributed by atoms with Gasteiger partial charge in [-0.2, -0.15) is 0 Å². The van der Waals surface area contributed by atoms with E-state index in [1.807, 2.05) is 11.9 Å². The number of rotatable bonds is 8. The van der Waals surface area contributed by atoms with E-state index in [9.17, 15) is 4.79 Å². The highest BCUT2D eigenvalue weighted by Gasteiger charge is 2.42. The summed E-state index contributed by atoms with van der Waals surface area (Å²) in [4.78, 5) is 20.3. The van der Waals surface area contributed by atoms with Crippen LogP contribution in [0.25, 0.3) is 0 Å². The lowest BCUT2D eigenvalue weighted by atomic mass is 9.79. The molecule has 0 spiro atoms. The Labute approximate surface area is 213 Å². The zero-order valence-corrected chi connectivity index (χ0v) is 22.7. The van der Waals surface area contributed by atoms with Gasteiger partial charge >= 0.3 is 0 Å². The zero-order valence-electron chi connectivity index (χ0n) is 22.7. The maximum Gasteiger partial charge on any atom is 0.248 e. The maximum absolute atomic E-state index is 12.9. The van der Waals surface area contributed by atoms with E-state index in [4.69, 9.17) is 4.74 Å². The lowest BCUT2D eigenvalue weighted by Crippen LogP contribution is -2.50. The van der Waals surface area contributed by atoms with Crippen molar-refractivity contribution in [1.82, 2.24) is 14.7 Å². The molecule has 2 aliphatic heterocycles. The molecule has 2 saturated heterocycles. The number of amides is 1. The molecule has 5 heteroatoms. The number of hydrogen-bond acceptors (Lipinski definition) is 4. The lowest BCUT2D eigenvalue weighted by molar-refractivity contribution is -0.138. The van der Waals surface area contributed by atoms with E-state index in [1.165, 1.54) is 87.0 Å². The van der Waals surface area contributed by atoms with Gasteiger partial charge in [-0.25, -0.2) is 0 Å². The molecule has 0 N–H and O–H groups in total. The molecule has 3 fully saturated rings. The fourth-order valence-electron chi connectivity index (χ4n) is 7.84. The summed E-state index contributed by atoms with van der Waals surface area (Å²) >= 11 is 0. The SMILES string of the molecule is CC1=CC2=CC(C)=C1C2(C)CCOCC(=O)N(C)C1CCC(N2CCC(N3CCCC3)CC2)CC1. The molecule has 0 aromatic heterocycles. The summed E-state index contributed by atoms with van der Waals surface area (Å²) in [6.07, 6.45) is 15.8. The normalized spacial score (nSPS) is 32.3. The molecule has 5 nitrogen and oxygen atoms in total. The minimum atomic E-state index is 0.0739. The molecule has 0 aromatic rings. The first kappa shape index (κ1) is 25.2. The number of likely N-dealkylation sites (tertiary alicyclic amines) is 2. The van der Waals surface area contributed by atoms with Crippen LogP contribution < -0.4 is 0 Å². The Bertz CT molecular complexity index is 883. The Morgan fingerprint density at radius 3 is 2.23 bits per heavy atom. The van der Waals surface area contributed by atoms with Gasteiger partial charge in [0.25, 0.3) is 0 Å². The van der Waals surface area contributed by atoms with Gasteiger partial charge in [0.15, 0.2) is 0 Å². The summed E-state index contributed by atoms with van der Waals surface area (Å²) in [5.41, 5.74) is 5.74. The average molecular weight is 482 g/mol. The molecule has 3 aliphatic carbocycles. The van der Waals surface area contributed by atoms with Crippen molar-refractivity contribution in [3.8, 4) is 0 Å². The summed E-state index contributed by atoms with van der Waals surface area (Å²) in [7, 11) is 1.99. The number of ether oxygens (including phenoxy) is 1. The van der Waals surface area contributed by atoms with Crippen LogP contribution in [0.4, 0.5) is 0 Å². The van der Waals surface area contributed by atoms with Crippen LogP contribution in [0, 0.1) is 5.41 Å². The Morgan fingerprint density at radius 2 is 1.60 bits per heavy atom. The van der Waals surface area contributed by atoms with Crippen LogP contribution in [0.1, 0.15) is 78.6 Å². The standard InChI is InChI=1S/C30H47N3O2/c1-22-19-24-20-23(2)29(22)30(24,3)13-18-35-21-28(34)31(4)25-7-9-26(10-8-25)33-16-11-27(12-17-33)32-14-5-6-15-32/h19-20,25-27H,5-18,21H2,1-4H3. The first-order chi connectivity index (χ1) is 16.9. The third-order valence-corrected chi connectivity index (χ3v) is 9.97. The summed E-state index contributed by atoms with van der Waals surface area (Å²) in [6.45, 7) is 12.8. The van der Waals surface area contributed by atoms with Crippen molar-refractivity contribution in [2.24, 2.45) is 5.41 Å². The number of hydrogen-bond donors (Lipinski definition) is 0. The molecule has 1 amide bonds. The minimum Gasteiger partial charge on any atom is -0.372 e. The number of fused-ring (bicyclic) bond motifs is 2. The van der Waals surface area contributed by atoms with E-state index in [0.29, 0.717) is 12.6 Å². The number of carbonyl (C=O) groups excluding carboxylic acids is 1. The van der Waals surface area contributed by atoms with Crippen molar-refractivity contribution in [2.45, 2.75) is 96.7 Å². The molecule has 1 saturated carbocycles. The first-order valence-corrected chi connectivity index (χ1v) is 14.3. The first-order valence-electron chi connectivity index (χ1n) is 14.3. The molecule has 0 aromatic carbocycles. The number of likely N-dealkylation sites (N-methyl/N-ethyl adjacent to an activating group) is 1. The molecule has 194 valence electrons. The van der Waals surface area contributed by atoms with Crippen LogP contribution in [0.5, 0.6) is 0 Å². The van der Waals surface area contributed by atoms with Crippen molar-refractivity contribution in [3.63, 3.8) is 0 Å². The Kier molecular flexibility index (Phi) is 7.58. The third kappa shape index (κ3) is 5.06. The molecule has 2 bridgehead atoms. The van der Waals surface area contributed by atoms with Gasteiger partial charge in [0.1, 0.15) is 6.61 Å². The van der Waals surface area contributed by atoms with E-state index in [2.05, 4.69) is 42.7 Å². The molecule has 2 heterocycles. The van der Waals surface area contributed by atoms with E-state index in [0.717, 1.165) is 31.3 Å². The second-order valence-corrected chi connectivity index (χ2v) is 12.1. The van der Waals surface area contributed by atoms with E-state index in [-0.39, 0.29) is 17.9 Å². The van der Waals surface area contributed by atoms with Crippen LogP contribution in [0.2, 0.25) is 0 Å². The molecule has 5 rings (SSSR count). The third-order valence-electron chi connectivity index (χ3n) is 9.97. The highest BCUT2D eigenvalue weighted by atomic mass is 16.5. The Morgan fingerprint density at radius 1 is 0.971 bits per heavy atom. The Balaban J connectivity index is 0.999. The second-order valence-electron chi connectivity index (χ2n) is 12.1. The summed E-state index contributed by atoms with van der Waals surface area (Å²) in [6, 6.07) is 1.92. The highest BCUT2D eigenvalue weighted by Crippen LogP contribution is 2.54. The molecular weight excluding hydrogens is 434 g/mol. The van der Waals surface area contributed by atoms with Crippen molar-refractivity contribution in [3.05, 3.63) is 34.4 Å². The van der Waals surface area contributed by atoms with Crippen molar-refractivity contribution in [2.75, 3.05) is 46.4 Å². The van der Waals surface area contributed by atoms with Gasteiger partial charge in [0.2, 0.25) is 5.91 Å². The van der Waals surface area contributed by atoms with E-state index in [1.54, 1.807) is 0 Å². The van der Waals surface area contributed by atoms with E-state index < -0.39 is 0 Å². The van der Waals surface area contributed by atoms with Crippen LogP contribution >= 0.6 is 0 Å². The van der Waals surface area contributed by atoms with Gasteiger partial charge in [-0.05, 0) is 120 Å². The van der Waals surface area contributed by atoms with Gasteiger partial charge < -0.3 is 19.4 Å². The topological polar surface area (TPSA) is 36.0 Å². The molecule has 0 radical (unpaired) electrons. The number of nitrogens with zero attached hydrogens (tertiary/aromatic N) is 3. The fraction of sp³-hybridized carbons (Fsp3) is 0.767. The average Bonchev–Trinajstić information content (AvgIpc) is 3.54. The number of allylic oxidation sites excluding steroid dienone is 6. The lowest BCUT2D eigenvalue weighted by Gasteiger charge is -2.43. The van der Waals surface area contributed by atoms with Crippen LogP contribution in [0.15, 0.2) is 34.4 Å². The van der Waals surface area contributed by atoms with Crippen molar-refractivity contribution in [1.29, 1.82) is 0 Å². The number of piperidine rings is 1. The van der Waals surface area contributed by atoms with Crippen molar-refractivity contribution < 1.29 is 9.53 Å². The fourth-order valence-corrected chi connectivity index (χ4v) is 7.84. The molecule has 1 atom stereocenters. The second kappa shape index (κ2) is 10.5. The predicted molar refractivity (Wildman–Crippen MR) is 142 cm³/mol. The molecular formula is C30H47N3O2. The van der Waals surface area contributed by atoms with Gasteiger partial charge in [0, 0.05) is 37.2 Å². The highest BCUT2D eigenvalue weighted by molar-refractivity contribution is 5.77.